The maximum atomic E-state index is 13.3. The molecule has 3 aliphatic rings. The van der Waals surface area contributed by atoms with Crippen molar-refractivity contribution < 1.29 is 9.59 Å². The fraction of sp³-hybridized carbons (Fsp3) is 0.290. The smallest absolute Gasteiger partial charge is 0.255 e. The van der Waals surface area contributed by atoms with Crippen LogP contribution < -0.4 is 16.0 Å². The lowest BCUT2D eigenvalue weighted by atomic mass is 9.68. The van der Waals surface area contributed by atoms with Gasteiger partial charge in [0, 0.05) is 17.8 Å². The molecule has 5 atom stereocenters. The number of hydrogen-bond donors (Lipinski definition) is 3. The van der Waals surface area contributed by atoms with E-state index in [1.54, 1.807) is 24.3 Å². The van der Waals surface area contributed by atoms with Crippen LogP contribution in [0.25, 0.3) is 0 Å². The van der Waals surface area contributed by atoms with Gasteiger partial charge in [-0.05, 0) is 84.4 Å². The van der Waals surface area contributed by atoms with Crippen LogP contribution in [-0.2, 0) is 0 Å². The van der Waals surface area contributed by atoms with Crippen LogP contribution in [0.3, 0.4) is 0 Å². The minimum Gasteiger partial charge on any atom is -0.378 e. The van der Waals surface area contributed by atoms with E-state index < -0.39 is 0 Å². The largest absolute Gasteiger partial charge is 0.378 e. The number of nitrogens with one attached hydrogen (secondary N) is 3. The number of hydrogen-bond acceptors (Lipinski definition) is 3. The highest BCUT2D eigenvalue weighted by Crippen LogP contribution is 2.63. The topological polar surface area (TPSA) is 70.2 Å². The molecule has 5 nitrogen and oxygen atoms in total. The van der Waals surface area contributed by atoms with Gasteiger partial charge in [0.1, 0.15) is 0 Å². The van der Waals surface area contributed by atoms with Crippen molar-refractivity contribution in [3.05, 3.63) is 108 Å². The number of amides is 2. The van der Waals surface area contributed by atoms with Crippen LogP contribution in [0, 0.1) is 17.8 Å². The fourth-order valence-corrected chi connectivity index (χ4v) is 6.86. The standard InChI is InChI=1S/C31H31N3O2/c1-2-16-32-31(36)23-10-6-7-11-25(23)34-30(35)22-14-15-26-24(18-22)27-20-12-13-21(17-20)28(27)29(33-26)19-8-4-3-5-9-19/h2-11,14-15,18,20-21,27-29,33H,1,12-13,16-17H2,(H,32,36)(H,34,35)/t20-,21-,27-,28-,29-/m0/s1. The Morgan fingerprint density at radius 2 is 1.72 bits per heavy atom. The van der Waals surface area contributed by atoms with Gasteiger partial charge in [0.2, 0.25) is 0 Å². The quantitative estimate of drug-likeness (QED) is 0.373. The number of carbonyl (C=O) groups excluding carboxylic acids is 2. The van der Waals surface area contributed by atoms with E-state index in [1.165, 1.54) is 30.4 Å². The summed E-state index contributed by atoms with van der Waals surface area (Å²) in [7, 11) is 0. The maximum absolute atomic E-state index is 13.3. The second-order valence-electron chi connectivity index (χ2n) is 10.3. The highest BCUT2D eigenvalue weighted by atomic mass is 16.2. The third kappa shape index (κ3) is 3.89. The highest BCUT2D eigenvalue weighted by Gasteiger charge is 2.53. The van der Waals surface area contributed by atoms with Crippen molar-refractivity contribution in [2.75, 3.05) is 17.2 Å². The van der Waals surface area contributed by atoms with E-state index in [1.807, 2.05) is 12.1 Å². The molecule has 0 radical (unpaired) electrons. The molecule has 3 aromatic rings. The van der Waals surface area contributed by atoms with Crippen LogP contribution in [0.15, 0.2) is 85.5 Å². The van der Waals surface area contributed by atoms with Crippen LogP contribution in [0.2, 0.25) is 0 Å². The van der Waals surface area contributed by atoms with E-state index in [4.69, 9.17) is 0 Å². The summed E-state index contributed by atoms with van der Waals surface area (Å²) in [6.07, 6.45) is 5.49. The van der Waals surface area contributed by atoms with Gasteiger partial charge in [0.15, 0.2) is 0 Å². The zero-order chi connectivity index (χ0) is 24.6. The fourth-order valence-electron chi connectivity index (χ4n) is 6.86. The Balaban J connectivity index is 1.30. The van der Waals surface area contributed by atoms with Gasteiger partial charge in [-0.2, -0.15) is 0 Å². The third-order valence-corrected chi connectivity index (χ3v) is 8.33. The van der Waals surface area contributed by atoms with E-state index in [-0.39, 0.29) is 11.8 Å². The molecule has 0 saturated heterocycles. The van der Waals surface area contributed by atoms with Gasteiger partial charge in [0.05, 0.1) is 17.3 Å². The van der Waals surface area contributed by atoms with Crippen molar-refractivity contribution in [3.63, 3.8) is 0 Å². The highest BCUT2D eigenvalue weighted by molar-refractivity contribution is 6.09. The van der Waals surface area contributed by atoms with E-state index in [2.05, 4.69) is 65.0 Å². The number of carbonyl (C=O) groups is 2. The first-order chi connectivity index (χ1) is 17.6. The van der Waals surface area contributed by atoms with Crippen molar-refractivity contribution >= 4 is 23.2 Å². The summed E-state index contributed by atoms with van der Waals surface area (Å²) < 4.78 is 0. The zero-order valence-corrected chi connectivity index (χ0v) is 20.2. The minimum absolute atomic E-state index is 0.202. The Bertz CT molecular complexity index is 1320. The van der Waals surface area contributed by atoms with E-state index in [0.717, 1.165) is 11.6 Å². The SMILES string of the molecule is C=CCNC(=O)c1ccccc1NC(=O)c1ccc2c(c1)[C@@H]1[C@H]3CC[C@@H](C3)[C@@H]1[C@H](c1ccccc1)N2. The summed E-state index contributed by atoms with van der Waals surface area (Å²) in [6, 6.07) is 24.2. The normalized spacial score (nSPS) is 25.3. The number of fused-ring (bicyclic) bond motifs is 7. The number of benzene rings is 3. The lowest BCUT2D eigenvalue weighted by Crippen LogP contribution is -2.35. The van der Waals surface area contributed by atoms with Crippen LogP contribution >= 0.6 is 0 Å². The molecule has 3 aromatic carbocycles. The molecule has 2 bridgehead atoms. The molecule has 2 amide bonds. The van der Waals surface area contributed by atoms with Crippen molar-refractivity contribution in [2.24, 2.45) is 17.8 Å². The van der Waals surface area contributed by atoms with Crippen molar-refractivity contribution in [3.8, 4) is 0 Å². The average molecular weight is 478 g/mol. The molecule has 0 unspecified atom stereocenters. The lowest BCUT2D eigenvalue weighted by molar-refractivity contribution is 0.0959. The van der Waals surface area contributed by atoms with Crippen LogP contribution in [-0.4, -0.2) is 18.4 Å². The molecular formula is C31H31N3O2. The second-order valence-corrected chi connectivity index (χ2v) is 10.3. The van der Waals surface area contributed by atoms with Gasteiger partial charge in [-0.25, -0.2) is 0 Å². The molecule has 1 aliphatic heterocycles. The summed E-state index contributed by atoms with van der Waals surface area (Å²) in [4.78, 5) is 25.9. The number of rotatable bonds is 6. The molecule has 6 rings (SSSR count). The third-order valence-electron chi connectivity index (χ3n) is 8.33. The average Bonchev–Trinajstić information content (AvgIpc) is 3.55. The minimum atomic E-state index is -0.239. The summed E-state index contributed by atoms with van der Waals surface area (Å²) in [6.45, 7) is 4.01. The Labute approximate surface area is 212 Å². The molecule has 2 fully saturated rings. The first kappa shape index (κ1) is 22.6. The summed E-state index contributed by atoms with van der Waals surface area (Å²) in [5.74, 6) is 1.98. The molecule has 2 saturated carbocycles. The van der Waals surface area contributed by atoms with Gasteiger partial charge < -0.3 is 16.0 Å². The Kier molecular flexibility index (Phi) is 5.84. The maximum Gasteiger partial charge on any atom is 0.255 e. The lowest BCUT2D eigenvalue weighted by Gasteiger charge is -2.43. The second kappa shape index (κ2) is 9.30. The predicted octanol–water partition coefficient (Wildman–Crippen LogP) is 6.15. The molecule has 3 N–H and O–H groups in total. The van der Waals surface area contributed by atoms with E-state index in [0.29, 0.717) is 47.2 Å². The molecule has 0 aromatic heterocycles. The van der Waals surface area contributed by atoms with Crippen molar-refractivity contribution in [1.29, 1.82) is 0 Å². The summed E-state index contributed by atoms with van der Waals surface area (Å²) in [5.41, 5.74) is 5.31. The molecule has 0 spiro atoms. The van der Waals surface area contributed by atoms with Crippen LogP contribution in [0.4, 0.5) is 11.4 Å². The van der Waals surface area contributed by atoms with Gasteiger partial charge in [-0.3, -0.25) is 9.59 Å². The Morgan fingerprint density at radius 3 is 2.56 bits per heavy atom. The molecule has 182 valence electrons. The van der Waals surface area contributed by atoms with Crippen LogP contribution in [0.5, 0.6) is 0 Å². The van der Waals surface area contributed by atoms with Crippen LogP contribution in [0.1, 0.15) is 63.1 Å². The number of para-hydroxylation sites is 1. The molecule has 5 heteroatoms. The first-order valence-electron chi connectivity index (χ1n) is 12.9. The monoisotopic (exact) mass is 477 g/mol. The van der Waals surface area contributed by atoms with Gasteiger partial charge in [-0.15, -0.1) is 6.58 Å². The predicted molar refractivity (Wildman–Crippen MR) is 143 cm³/mol. The Morgan fingerprint density at radius 1 is 0.944 bits per heavy atom. The zero-order valence-electron chi connectivity index (χ0n) is 20.2. The molecule has 36 heavy (non-hydrogen) atoms. The molecular weight excluding hydrogens is 446 g/mol. The van der Waals surface area contributed by atoms with Crippen molar-refractivity contribution in [1.82, 2.24) is 5.32 Å². The number of anilines is 2. The Hall–Kier alpha value is -3.86. The van der Waals surface area contributed by atoms with Gasteiger partial charge >= 0.3 is 0 Å². The molecule has 2 aliphatic carbocycles. The van der Waals surface area contributed by atoms with E-state index >= 15 is 0 Å². The molecule has 1 heterocycles. The summed E-state index contributed by atoms with van der Waals surface area (Å²) in [5, 5.41) is 9.59. The first-order valence-corrected chi connectivity index (χ1v) is 12.9. The van der Waals surface area contributed by atoms with E-state index in [9.17, 15) is 9.59 Å². The summed E-state index contributed by atoms with van der Waals surface area (Å²) >= 11 is 0. The van der Waals surface area contributed by atoms with Gasteiger partial charge in [-0.1, -0.05) is 48.5 Å². The van der Waals surface area contributed by atoms with Gasteiger partial charge in [0.25, 0.3) is 11.8 Å². The van der Waals surface area contributed by atoms with Crippen molar-refractivity contribution in [2.45, 2.75) is 31.2 Å².